The molecule has 0 aliphatic heterocycles. The Morgan fingerprint density at radius 3 is 1.32 bits per heavy atom. The Bertz CT molecular complexity index is 705. The van der Waals surface area contributed by atoms with Crippen LogP contribution < -0.4 is 3.79 Å². The highest BCUT2D eigenvalue weighted by molar-refractivity contribution is 6.52. The van der Waals surface area contributed by atoms with Crippen molar-refractivity contribution in [2.45, 2.75) is 163 Å². The predicted molar refractivity (Wildman–Crippen MR) is 170 cm³/mol. The Morgan fingerprint density at radius 2 is 1.00 bits per heavy atom. The molecule has 2 atom stereocenters. The Kier molecular flexibility index (Phi) is 14.9. The van der Waals surface area contributed by atoms with Gasteiger partial charge in [-0.1, -0.05) is 163 Å². The molecule has 0 aliphatic rings. The molecule has 1 rings (SSSR count). The fraction of sp³-hybridized carbons (Fsp3) is 0.829. The first-order valence-corrected chi connectivity index (χ1v) is 17.9. The van der Waals surface area contributed by atoms with Gasteiger partial charge in [0.25, 0.3) is 0 Å². The Balaban J connectivity index is 3.13. The van der Waals surface area contributed by atoms with E-state index in [-0.39, 0.29) is 10.8 Å². The molecule has 0 saturated heterocycles. The molecule has 1 nitrogen and oxygen atoms in total. The smallest absolute Gasteiger partial charge is 0.546 e. The fourth-order valence-electron chi connectivity index (χ4n) is 5.42. The lowest BCUT2D eigenvalue weighted by molar-refractivity contribution is 0.426. The van der Waals surface area contributed by atoms with Crippen molar-refractivity contribution in [3.8, 4) is 5.75 Å². The minimum absolute atomic E-state index is 0.0780. The van der Waals surface area contributed by atoms with Crippen molar-refractivity contribution in [2.24, 2.45) is 23.7 Å². The van der Waals surface area contributed by atoms with E-state index in [1.807, 2.05) is 0 Å². The van der Waals surface area contributed by atoms with E-state index in [1.165, 1.54) is 84.4 Å². The molecule has 0 fully saturated rings. The van der Waals surface area contributed by atoms with E-state index in [4.69, 9.17) is 3.79 Å². The Labute approximate surface area is 238 Å². The summed E-state index contributed by atoms with van der Waals surface area (Å²) in [5.41, 5.74) is 4.33. The molecule has 0 amide bonds. The van der Waals surface area contributed by atoms with Gasteiger partial charge < -0.3 is 3.79 Å². The maximum atomic E-state index is 7.31. The standard InChI is InChI=1S/C15H24O.2C10H21.Al/c1-10-8-11(14(2,3)4)13(16)12(9-10)15(5,6)7;2*1-5-10(4)8-6-7-9(2)3;/h8-9,16H,1-7H3;2*9-10H,1,5-8H2,2-4H3;/q;;;+1/p-1. The van der Waals surface area contributed by atoms with Crippen LogP contribution in [0.2, 0.25) is 10.6 Å². The monoisotopic (exact) mass is 528 g/mol. The van der Waals surface area contributed by atoms with Crippen LogP contribution in [0.3, 0.4) is 0 Å². The van der Waals surface area contributed by atoms with Gasteiger partial charge in [0, 0.05) is 0 Å². The van der Waals surface area contributed by atoms with E-state index < -0.39 is 14.5 Å². The second kappa shape index (κ2) is 16.0. The maximum absolute atomic E-state index is 7.31. The summed E-state index contributed by atoms with van der Waals surface area (Å²) in [7, 11) is 0. The summed E-state index contributed by atoms with van der Waals surface area (Å²) in [6.45, 7) is 30.7. The van der Waals surface area contributed by atoms with Crippen LogP contribution in [0.25, 0.3) is 0 Å². The molecule has 1 aromatic rings. The van der Waals surface area contributed by atoms with Crippen LogP contribution in [-0.4, -0.2) is 14.5 Å². The molecule has 0 saturated carbocycles. The molecule has 0 bridgehead atoms. The first-order chi connectivity index (χ1) is 17.0. The number of aryl methyl sites for hydroxylation is 1. The maximum Gasteiger partial charge on any atom is 0.546 e. The summed E-state index contributed by atoms with van der Waals surface area (Å²) in [5, 5.41) is 2.62. The average molecular weight is 529 g/mol. The Morgan fingerprint density at radius 1 is 0.622 bits per heavy atom. The molecule has 0 spiro atoms. The summed E-state index contributed by atoms with van der Waals surface area (Å²) in [6.07, 6.45) is 10.9. The topological polar surface area (TPSA) is 9.23 Å². The van der Waals surface area contributed by atoms with Crippen LogP contribution in [0, 0.1) is 30.6 Å². The third-order valence-corrected chi connectivity index (χ3v) is 10.6. The lowest BCUT2D eigenvalue weighted by Crippen LogP contribution is -2.28. The van der Waals surface area contributed by atoms with E-state index in [0.717, 1.165) is 23.7 Å². The quantitative estimate of drug-likeness (QED) is 0.194. The molecule has 0 aliphatic carbocycles. The first-order valence-electron chi connectivity index (χ1n) is 15.8. The van der Waals surface area contributed by atoms with Crippen molar-refractivity contribution >= 4 is 14.5 Å². The molecule has 0 aromatic heterocycles. The SMILES string of the molecule is Cc1cc(C(C)(C)C)c([O][Al]([CH2]CC(C)CCCC(C)C)[CH2]CC(C)CCCC(C)C)c(C(C)(C)C)c1. The number of hydrogen-bond donors (Lipinski definition) is 0. The number of benzene rings is 1. The molecule has 37 heavy (non-hydrogen) atoms. The lowest BCUT2D eigenvalue weighted by Gasteiger charge is -2.33. The van der Waals surface area contributed by atoms with E-state index in [9.17, 15) is 0 Å². The van der Waals surface area contributed by atoms with E-state index in [1.54, 1.807) is 0 Å². The minimum Gasteiger partial charge on any atom is -0.642 e. The zero-order valence-electron chi connectivity index (χ0n) is 27.5. The van der Waals surface area contributed by atoms with Crippen LogP contribution >= 0.6 is 0 Å². The molecule has 0 N–H and O–H groups in total. The lowest BCUT2D eigenvalue weighted by atomic mass is 9.78. The predicted octanol–water partition coefficient (Wildman–Crippen LogP) is 11.7. The summed E-state index contributed by atoms with van der Waals surface area (Å²) in [4.78, 5) is 0. The average Bonchev–Trinajstić information content (AvgIpc) is 2.74. The van der Waals surface area contributed by atoms with Gasteiger partial charge in [-0.2, -0.15) is 0 Å². The molecular weight excluding hydrogens is 463 g/mol. The van der Waals surface area contributed by atoms with E-state index in [0.29, 0.717) is 0 Å². The van der Waals surface area contributed by atoms with Crippen LogP contribution in [-0.2, 0) is 10.8 Å². The zero-order chi connectivity index (χ0) is 28.4. The molecule has 0 heterocycles. The van der Waals surface area contributed by atoms with Crippen LogP contribution in [0.5, 0.6) is 5.75 Å². The van der Waals surface area contributed by atoms with Crippen molar-refractivity contribution in [2.75, 3.05) is 0 Å². The van der Waals surface area contributed by atoms with Gasteiger partial charge in [-0.05, 0) is 52.6 Å². The minimum atomic E-state index is -1.40. The Hall–Kier alpha value is -0.448. The van der Waals surface area contributed by atoms with Crippen molar-refractivity contribution in [3.05, 3.63) is 28.8 Å². The molecule has 2 unspecified atom stereocenters. The van der Waals surface area contributed by atoms with Gasteiger partial charge in [0.15, 0.2) is 0 Å². The van der Waals surface area contributed by atoms with Crippen molar-refractivity contribution in [1.29, 1.82) is 0 Å². The van der Waals surface area contributed by atoms with Gasteiger partial charge in [0.05, 0.1) is 5.75 Å². The van der Waals surface area contributed by atoms with Gasteiger partial charge in [-0.25, -0.2) is 0 Å². The van der Waals surface area contributed by atoms with Crippen molar-refractivity contribution < 1.29 is 3.79 Å². The largest absolute Gasteiger partial charge is 0.642 e. The molecule has 214 valence electrons. The van der Waals surface area contributed by atoms with Gasteiger partial charge in [-0.3, -0.25) is 0 Å². The first kappa shape index (κ1) is 34.6. The van der Waals surface area contributed by atoms with Crippen LogP contribution in [0.4, 0.5) is 0 Å². The zero-order valence-corrected chi connectivity index (χ0v) is 28.7. The van der Waals surface area contributed by atoms with Crippen molar-refractivity contribution in [1.82, 2.24) is 0 Å². The van der Waals surface area contributed by atoms with E-state index in [2.05, 4.69) is 102 Å². The number of hydrogen-bond acceptors (Lipinski definition) is 1. The number of rotatable bonds is 16. The highest BCUT2D eigenvalue weighted by atomic mass is 27.2. The fourth-order valence-corrected chi connectivity index (χ4v) is 8.42. The normalized spacial score (nSPS) is 14.4. The molecule has 2 heteroatoms. The highest BCUT2D eigenvalue weighted by Gasteiger charge is 2.32. The van der Waals surface area contributed by atoms with Gasteiger partial charge in [0.1, 0.15) is 0 Å². The van der Waals surface area contributed by atoms with Crippen LogP contribution in [0.15, 0.2) is 12.1 Å². The highest BCUT2D eigenvalue weighted by Crippen LogP contribution is 2.41. The summed E-state index contributed by atoms with van der Waals surface area (Å²) in [5.74, 6) is 4.50. The second-order valence-electron chi connectivity index (χ2n) is 15.4. The van der Waals surface area contributed by atoms with Gasteiger partial charge in [0.2, 0.25) is 0 Å². The van der Waals surface area contributed by atoms with E-state index >= 15 is 0 Å². The summed E-state index contributed by atoms with van der Waals surface area (Å²) < 4.78 is 7.31. The summed E-state index contributed by atoms with van der Waals surface area (Å²) in [6, 6.07) is 4.80. The third kappa shape index (κ3) is 14.0. The summed E-state index contributed by atoms with van der Waals surface area (Å²) >= 11 is -1.40. The second-order valence-corrected chi connectivity index (χ2v) is 18.1. The molecule has 0 radical (unpaired) electrons. The van der Waals surface area contributed by atoms with Gasteiger partial charge in [-0.15, -0.1) is 0 Å². The molecule has 1 aromatic carbocycles. The third-order valence-electron chi connectivity index (χ3n) is 8.05. The van der Waals surface area contributed by atoms with Crippen LogP contribution in [0.1, 0.15) is 151 Å². The molecular formula is C35H65AlO. The van der Waals surface area contributed by atoms with Gasteiger partial charge >= 0.3 is 14.5 Å². The van der Waals surface area contributed by atoms with Crippen molar-refractivity contribution in [3.63, 3.8) is 0 Å².